The van der Waals surface area contributed by atoms with E-state index in [1.54, 1.807) is 7.05 Å². The van der Waals surface area contributed by atoms with E-state index < -0.39 is 12.6 Å². The molecule has 9 heteroatoms. The van der Waals surface area contributed by atoms with Gasteiger partial charge in [-0.3, -0.25) is 9.89 Å². The molecule has 1 aliphatic heterocycles. The minimum atomic E-state index is -4.06. The van der Waals surface area contributed by atoms with Crippen molar-refractivity contribution in [3.05, 3.63) is 0 Å². The topological polar surface area (TPSA) is 48.9 Å². The number of nitrogens with zero attached hydrogens (tertiary/aromatic N) is 2. The summed E-state index contributed by atoms with van der Waals surface area (Å²) in [6.45, 7) is 4.81. The van der Waals surface area contributed by atoms with Crippen molar-refractivity contribution in [1.82, 2.24) is 15.5 Å². The summed E-state index contributed by atoms with van der Waals surface area (Å²) in [5.74, 6) is 0.676. The van der Waals surface area contributed by atoms with Crippen molar-refractivity contribution in [2.75, 3.05) is 46.4 Å². The van der Waals surface area contributed by atoms with Gasteiger partial charge in [0.15, 0.2) is 5.96 Å². The van der Waals surface area contributed by atoms with Gasteiger partial charge in [-0.1, -0.05) is 19.3 Å². The van der Waals surface area contributed by atoms with Gasteiger partial charge in [0.25, 0.3) is 0 Å². The molecule has 0 unspecified atom stereocenters. The van der Waals surface area contributed by atoms with Crippen molar-refractivity contribution < 1.29 is 17.9 Å². The number of alkyl halides is 3. The van der Waals surface area contributed by atoms with E-state index in [4.69, 9.17) is 4.74 Å². The molecule has 1 aliphatic carbocycles. The van der Waals surface area contributed by atoms with Crippen molar-refractivity contribution in [2.24, 2.45) is 4.99 Å². The minimum absolute atomic E-state index is 0. The average Bonchev–Trinajstić information content (AvgIpc) is 2.64. The van der Waals surface area contributed by atoms with Gasteiger partial charge in [-0.2, -0.15) is 13.2 Å². The molecule has 1 saturated carbocycles. The third-order valence-electron chi connectivity index (χ3n) is 5.45. The van der Waals surface area contributed by atoms with Gasteiger partial charge in [0, 0.05) is 45.2 Å². The Balaban J connectivity index is 0.00000364. The molecule has 5 nitrogen and oxygen atoms in total. The molecule has 0 aromatic heterocycles. The molecule has 0 atom stereocenters. The molecule has 2 rings (SSSR count). The quantitative estimate of drug-likeness (QED) is 0.240. The van der Waals surface area contributed by atoms with E-state index in [-0.39, 0.29) is 35.9 Å². The van der Waals surface area contributed by atoms with Crippen LogP contribution in [-0.4, -0.2) is 69.0 Å². The monoisotopic (exact) mass is 506 g/mol. The van der Waals surface area contributed by atoms with Crippen LogP contribution in [-0.2, 0) is 4.74 Å². The largest absolute Gasteiger partial charge is 0.389 e. The maximum atomic E-state index is 12.2. The van der Waals surface area contributed by atoms with Crippen LogP contribution in [0.25, 0.3) is 0 Å². The summed E-state index contributed by atoms with van der Waals surface area (Å²) in [5.41, 5.74) is 0.135. The Morgan fingerprint density at radius 3 is 2.33 bits per heavy atom. The molecule has 160 valence electrons. The van der Waals surface area contributed by atoms with Gasteiger partial charge in [0.2, 0.25) is 0 Å². The normalized spacial score (nSPS) is 21.4. The number of hydrogen-bond donors (Lipinski definition) is 2. The van der Waals surface area contributed by atoms with Gasteiger partial charge in [-0.05, 0) is 25.7 Å². The van der Waals surface area contributed by atoms with E-state index in [1.165, 1.54) is 32.1 Å². The SMILES string of the molecule is CN=C(NCCCCC(F)(F)F)NCC1(N2CCOCC2)CCCCC1.I. The Labute approximate surface area is 177 Å². The first-order chi connectivity index (χ1) is 12.5. The number of nitrogens with one attached hydrogen (secondary N) is 2. The Hall–Kier alpha value is -0.290. The lowest BCUT2D eigenvalue weighted by molar-refractivity contribution is -0.135. The molecule has 1 saturated heterocycles. The van der Waals surface area contributed by atoms with Crippen LogP contribution in [0.2, 0.25) is 0 Å². The zero-order valence-corrected chi connectivity index (χ0v) is 18.6. The molecular formula is C18H34F3IN4O. The zero-order chi connectivity index (χ0) is 18.9. The summed E-state index contributed by atoms with van der Waals surface area (Å²) < 4.78 is 42.1. The molecule has 1 heterocycles. The number of hydrogen-bond acceptors (Lipinski definition) is 3. The fourth-order valence-corrected chi connectivity index (χ4v) is 3.98. The number of rotatable bonds is 7. The highest BCUT2D eigenvalue weighted by atomic mass is 127. The minimum Gasteiger partial charge on any atom is -0.379 e. The second kappa shape index (κ2) is 12.3. The van der Waals surface area contributed by atoms with Crippen LogP contribution in [0.5, 0.6) is 0 Å². The van der Waals surface area contributed by atoms with Crippen molar-refractivity contribution in [3.8, 4) is 0 Å². The van der Waals surface area contributed by atoms with Gasteiger partial charge < -0.3 is 15.4 Å². The number of unbranched alkanes of at least 4 members (excludes halogenated alkanes) is 1. The summed E-state index contributed by atoms with van der Waals surface area (Å²) in [6, 6.07) is 0. The Morgan fingerprint density at radius 2 is 1.74 bits per heavy atom. The molecule has 0 bridgehead atoms. The number of halogens is 4. The van der Waals surface area contributed by atoms with Crippen molar-refractivity contribution in [1.29, 1.82) is 0 Å². The van der Waals surface area contributed by atoms with Crippen LogP contribution < -0.4 is 10.6 Å². The van der Waals surface area contributed by atoms with E-state index >= 15 is 0 Å². The fourth-order valence-electron chi connectivity index (χ4n) is 3.98. The van der Waals surface area contributed by atoms with E-state index in [9.17, 15) is 13.2 Å². The molecule has 27 heavy (non-hydrogen) atoms. The van der Waals surface area contributed by atoms with E-state index in [1.807, 2.05) is 0 Å². The third kappa shape index (κ3) is 8.72. The van der Waals surface area contributed by atoms with Gasteiger partial charge in [-0.15, -0.1) is 24.0 Å². The zero-order valence-electron chi connectivity index (χ0n) is 16.2. The van der Waals surface area contributed by atoms with Crippen LogP contribution in [0.1, 0.15) is 51.4 Å². The lowest BCUT2D eigenvalue weighted by Gasteiger charge is -2.48. The predicted molar refractivity (Wildman–Crippen MR) is 113 cm³/mol. The first-order valence-corrected chi connectivity index (χ1v) is 9.79. The second-order valence-electron chi connectivity index (χ2n) is 7.31. The molecule has 2 N–H and O–H groups in total. The molecule has 0 spiro atoms. The van der Waals surface area contributed by atoms with E-state index in [2.05, 4.69) is 20.5 Å². The maximum Gasteiger partial charge on any atom is 0.389 e. The lowest BCUT2D eigenvalue weighted by atomic mass is 9.80. The Bertz CT molecular complexity index is 437. The first-order valence-electron chi connectivity index (χ1n) is 9.79. The maximum absolute atomic E-state index is 12.2. The standard InChI is InChI=1S/C18H33F3N4O.HI/c1-22-16(23-10-6-5-9-18(19,20)21)24-15-17(7-3-2-4-8-17)25-11-13-26-14-12-25;/h2-15H2,1H3,(H2,22,23,24);1H. The smallest absolute Gasteiger partial charge is 0.379 e. The molecular weight excluding hydrogens is 472 g/mol. The van der Waals surface area contributed by atoms with Crippen LogP contribution in [0.3, 0.4) is 0 Å². The van der Waals surface area contributed by atoms with Crippen LogP contribution in [0.4, 0.5) is 13.2 Å². The molecule has 0 aromatic carbocycles. The molecule has 0 radical (unpaired) electrons. The van der Waals surface area contributed by atoms with E-state index in [0.717, 1.165) is 32.8 Å². The first kappa shape index (κ1) is 24.7. The van der Waals surface area contributed by atoms with Gasteiger partial charge in [0.1, 0.15) is 0 Å². The highest BCUT2D eigenvalue weighted by Crippen LogP contribution is 2.33. The van der Waals surface area contributed by atoms with Crippen molar-refractivity contribution in [3.63, 3.8) is 0 Å². The second-order valence-corrected chi connectivity index (χ2v) is 7.31. The summed E-state index contributed by atoms with van der Waals surface area (Å²) in [5, 5.41) is 6.56. The van der Waals surface area contributed by atoms with Crippen molar-refractivity contribution >= 4 is 29.9 Å². The molecule has 2 fully saturated rings. The van der Waals surface area contributed by atoms with E-state index in [0.29, 0.717) is 18.9 Å². The number of morpholine rings is 1. The van der Waals surface area contributed by atoms with Crippen molar-refractivity contribution in [2.45, 2.75) is 63.1 Å². The highest BCUT2D eigenvalue weighted by molar-refractivity contribution is 14.0. The van der Waals surface area contributed by atoms with Gasteiger partial charge >= 0.3 is 6.18 Å². The van der Waals surface area contributed by atoms with Crippen LogP contribution in [0.15, 0.2) is 4.99 Å². The van der Waals surface area contributed by atoms with Crippen LogP contribution >= 0.6 is 24.0 Å². The summed E-state index contributed by atoms with van der Waals surface area (Å²) in [4.78, 5) is 6.78. The Kier molecular flexibility index (Phi) is 11.3. The molecule has 2 aliphatic rings. The van der Waals surface area contributed by atoms with Gasteiger partial charge in [0.05, 0.1) is 13.2 Å². The molecule has 0 aromatic rings. The number of ether oxygens (including phenoxy) is 1. The summed E-state index contributed by atoms with van der Waals surface area (Å²) in [7, 11) is 1.70. The number of guanidine groups is 1. The van der Waals surface area contributed by atoms with Crippen LogP contribution in [0, 0.1) is 0 Å². The molecule has 0 amide bonds. The average molecular weight is 506 g/mol. The summed E-state index contributed by atoms with van der Waals surface area (Å²) >= 11 is 0. The summed E-state index contributed by atoms with van der Waals surface area (Å²) in [6.07, 6.45) is 1.95. The highest BCUT2D eigenvalue weighted by Gasteiger charge is 2.38. The Morgan fingerprint density at radius 1 is 1.07 bits per heavy atom. The lowest BCUT2D eigenvalue weighted by Crippen LogP contribution is -2.60. The predicted octanol–water partition coefficient (Wildman–Crippen LogP) is 3.54. The third-order valence-corrected chi connectivity index (χ3v) is 5.45. The van der Waals surface area contributed by atoms with Gasteiger partial charge in [-0.25, -0.2) is 0 Å². The number of aliphatic imine (C=N–C) groups is 1. The fraction of sp³-hybridized carbons (Fsp3) is 0.944.